The van der Waals surface area contributed by atoms with Crippen LogP contribution in [0.25, 0.3) is 10.9 Å². The molecular formula is C12H11N3O5. The van der Waals surface area contributed by atoms with Crippen LogP contribution in [-0.2, 0) is 9.53 Å². The molecule has 0 aliphatic carbocycles. The number of esters is 1. The van der Waals surface area contributed by atoms with Crippen molar-refractivity contribution in [2.75, 3.05) is 13.3 Å². The Morgan fingerprint density at radius 1 is 1.40 bits per heavy atom. The van der Waals surface area contributed by atoms with Gasteiger partial charge in [-0.3, -0.25) is 19.9 Å². The second kappa shape index (κ2) is 5.93. The lowest BCUT2D eigenvalue weighted by molar-refractivity contribution is -0.383. The van der Waals surface area contributed by atoms with E-state index in [0.29, 0.717) is 10.9 Å². The molecule has 2 N–H and O–H groups in total. The fraction of sp³-hybridized carbons (Fsp3) is 0.167. The summed E-state index contributed by atoms with van der Waals surface area (Å²) in [5.41, 5.74) is 5.33. The van der Waals surface area contributed by atoms with Crippen molar-refractivity contribution in [1.29, 1.82) is 0 Å². The Balaban J connectivity index is 2.29. The molecule has 0 unspecified atom stereocenters. The van der Waals surface area contributed by atoms with Gasteiger partial charge in [0.15, 0.2) is 0 Å². The third-order valence-corrected chi connectivity index (χ3v) is 2.51. The van der Waals surface area contributed by atoms with Crippen LogP contribution in [0.1, 0.15) is 0 Å². The van der Waals surface area contributed by atoms with E-state index in [9.17, 15) is 14.9 Å². The number of hydrogen-bond donors (Lipinski definition) is 1. The van der Waals surface area contributed by atoms with E-state index in [2.05, 4.69) is 9.72 Å². The molecule has 0 atom stereocenters. The van der Waals surface area contributed by atoms with Crippen molar-refractivity contribution in [3.8, 4) is 5.75 Å². The number of nitro groups is 1. The van der Waals surface area contributed by atoms with Gasteiger partial charge in [0.05, 0.1) is 16.9 Å². The topological polar surface area (TPSA) is 118 Å². The number of carbonyl (C=O) groups excluding carboxylic acids is 1. The zero-order valence-corrected chi connectivity index (χ0v) is 10.3. The van der Waals surface area contributed by atoms with Crippen LogP contribution in [0.4, 0.5) is 5.69 Å². The molecule has 0 aliphatic heterocycles. The Hall–Kier alpha value is -2.74. The van der Waals surface area contributed by atoms with Crippen molar-refractivity contribution in [2.45, 2.75) is 0 Å². The van der Waals surface area contributed by atoms with Gasteiger partial charge in [-0.15, -0.1) is 0 Å². The van der Waals surface area contributed by atoms with E-state index in [1.54, 1.807) is 12.1 Å². The summed E-state index contributed by atoms with van der Waals surface area (Å²) in [5.74, 6) is -0.319. The SMILES string of the molecule is NCC(=O)OCOc1ccc([N+](=O)[O-])c2cccnc12. The molecule has 0 saturated carbocycles. The average Bonchev–Trinajstić information content (AvgIpc) is 2.46. The highest BCUT2D eigenvalue weighted by Gasteiger charge is 2.15. The molecule has 0 saturated heterocycles. The fourth-order valence-corrected chi connectivity index (χ4v) is 1.62. The maximum Gasteiger partial charge on any atom is 0.322 e. The summed E-state index contributed by atoms with van der Waals surface area (Å²) in [6.07, 6.45) is 1.49. The zero-order chi connectivity index (χ0) is 14.5. The maximum absolute atomic E-state index is 10.9. The van der Waals surface area contributed by atoms with Gasteiger partial charge in [0.25, 0.3) is 5.69 Å². The fourth-order valence-electron chi connectivity index (χ4n) is 1.62. The molecular weight excluding hydrogens is 266 g/mol. The minimum atomic E-state index is -0.607. The lowest BCUT2D eigenvalue weighted by atomic mass is 10.1. The van der Waals surface area contributed by atoms with E-state index in [1.807, 2.05) is 0 Å². The average molecular weight is 277 g/mol. The maximum atomic E-state index is 10.9. The highest BCUT2D eigenvalue weighted by molar-refractivity contribution is 5.92. The molecule has 0 bridgehead atoms. The Labute approximate surface area is 113 Å². The summed E-state index contributed by atoms with van der Waals surface area (Å²) in [5, 5.41) is 11.3. The van der Waals surface area contributed by atoms with Crippen LogP contribution in [-0.4, -0.2) is 29.2 Å². The number of non-ortho nitro benzene ring substituents is 1. The normalized spacial score (nSPS) is 10.2. The molecule has 1 aromatic carbocycles. The highest BCUT2D eigenvalue weighted by Crippen LogP contribution is 2.31. The van der Waals surface area contributed by atoms with E-state index >= 15 is 0 Å². The lowest BCUT2D eigenvalue weighted by Crippen LogP contribution is -2.19. The van der Waals surface area contributed by atoms with Crippen LogP contribution >= 0.6 is 0 Å². The van der Waals surface area contributed by atoms with Gasteiger partial charge in [0.1, 0.15) is 11.3 Å². The first-order valence-corrected chi connectivity index (χ1v) is 5.64. The van der Waals surface area contributed by atoms with Crippen molar-refractivity contribution in [3.05, 3.63) is 40.6 Å². The second-order valence-electron chi connectivity index (χ2n) is 3.72. The molecule has 0 fully saturated rings. The van der Waals surface area contributed by atoms with Crippen LogP contribution in [0.5, 0.6) is 5.75 Å². The van der Waals surface area contributed by atoms with E-state index in [4.69, 9.17) is 10.5 Å². The number of pyridine rings is 1. The van der Waals surface area contributed by atoms with Gasteiger partial charge in [-0.25, -0.2) is 0 Å². The van der Waals surface area contributed by atoms with E-state index in [0.717, 1.165) is 0 Å². The van der Waals surface area contributed by atoms with Crippen LogP contribution in [0.15, 0.2) is 30.5 Å². The van der Waals surface area contributed by atoms with E-state index < -0.39 is 10.9 Å². The zero-order valence-electron chi connectivity index (χ0n) is 10.3. The molecule has 1 heterocycles. The number of aromatic nitrogens is 1. The van der Waals surface area contributed by atoms with Crippen LogP contribution in [0.2, 0.25) is 0 Å². The number of rotatable bonds is 5. The summed E-state index contributed by atoms with van der Waals surface area (Å²) in [6, 6.07) is 5.88. The molecule has 0 spiro atoms. The summed E-state index contributed by atoms with van der Waals surface area (Å²) in [4.78, 5) is 25.3. The molecule has 1 aromatic heterocycles. The predicted molar refractivity (Wildman–Crippen MR) is 69.0 cm³/mol. The first-order chi connectivity index (χ1) is 9.63. The smallest absolute Gasteiger partial charge is 0.322 e. The van der Waals surface area contributed by atoms with Crippen LogP contribution in [0, 0.1) is 10.1 Å². The summed E-state index contributed by atoms with van der Waals surface area (Å²) < 4.78 is 9.92. The first-order valence-electron chi connectivity index (χ1n) is 5.64. The largest absolute Gasteiger partial charge is 0.455 e. The summed E-state index contributed by atoms with van der Waals surface area (Å²) >= 11 is 0. The highest BCUT2D eigenvalue weighted by atomic mass is 16.7. The Bertz CT molecular complexity index is 659. The van der Waals surface area contributed by atoms with Crippen molar-refractivity contribution in [3.63, 3.8) is 0 Å². The molecule has 0 amide bonds. The Morgan fingerprint density at radius 2 is 2.20 bits per heavy atom. The van der Waals surface area contributed by atoms with Crippen LogP contribution < -0.4 is 10.5 Å². The Morgan fingerprint density at radius 3 is 2.90 bits per heavy atom. The molecule has 8 heteroatoms. The molecule has 8 nitrogen and oxygen atoms in total. The minimum absolute atomic E-state index is 0.0700. The summed E-state index contributed by atoms with van der Waals surface area (Å²) in [7, 11) is 0. The quantitative estimate of drug-likeness (QED) is 0.374. The number of hydrogen-bond acceptors (Lipinski definition) is 7. The molecule has 0 radical (unpaired) electrons. The standard InChI is InChI=1S/C12H11N3O5/c13-6-11(16)20-7-19-10-4-3-9(15(17)18)8-2-1-5-14-12(8)10/h1-5H,6-7,13H2. The number of fused-ring (bicyclic) bond motifs is 1. The predicted octanol–water partition coefficient (Wildman–Crippen LogP) is 0.981. The number of carbonyl (C=O) groups is 1. The monoisotopic (exact) mass is 277 g/mol. The first kappa shape index (κ1) is 13.7. The number of nitro benzene ring substituents is 1. The van der Waals surface area contributed by atoms with Gasteiger partial charge in [0.2, 0.25) is 6.79 Å². The van der Waals surface area contributed by atoms with Gasteiger partial charge >= 0.3 is 5.97 Å². The number of ether oxygens (including phenoxy) is 2. The second-order valence-corrected chi connectivity index (χ2v) is 3.72. The third-order valence-electron chi connectivity index (χ3n) is 2.51. The lowest BCUT2D eigenvalue weighted by Gasteiger charge is -2.08. The van der Waals surface area contributed by atoms with Gasteiger partial charge in [0, 0.05) is 12.3 Å². The molecule has 20 heavy (non-hydrogen) atoms. The molecule has 0 aliphatic rings. The number of nitrogens with two attached hydrogens (primary N) is 1. The van der Waals surface area contributed by atoms with Crippen molar-refractivity contribution >= 4 is 22.6 Å². The number of benzene rings is 1. The van der Waals surface area contributed by atoms with E-state index in [-0.39, 0.29) is 24.8 Å². The van der Waals surface area contributed by atoms with Gasteiger partial charge in [-0.05, 0) is 18.2 Å². The van der Waals surface area contributed by atoms with Gasteiger partial charge < -0.3 is 15.2 Å². The molecule has 2 aromatic rings. The van der Waals surface area contributed by atoms with Crippen molar-refractivity contribution in [1.82, 2.24) is 4.98 Å². The van der Waals surface area contributed by atoms with Crippen molar-refractivity contribution < 1.29 is 19.2 Å². The third kappa shape index (κ3) is 2.81. The number of nitrogens with zero attached hydrogens (tertiary/aromatic N) is 2. The molecule has 104 valence electrons. The van der Waals surface area contributed by atoms with Gasteiger partial charge in [-0.2, -0.15) is 0 Å². The van der Waals surface area contributed by atoms with Crippen molar-refractivity contribution in [2.24, 2.45) is 5.73 Å². The molecule has 2 rings (SSSR count). The van der Waals surface area contributed by atoms with Crippen LogP contribution in [0.3, 0.4) is 0 Å². The minimum Gasteiger partial charge on any atom is -0.455 e. The summed E-state index contributed by atoms with van der Waals surface area (Å²) in [6.45, 7) is -0.581. The van der Waals surface area contributed by atoms with Gasteiger partial charge in [-0.1, -0.05) is 0 Å². The van der Waals surface area contributed by atoms with E-state index in [1.165, 1.54) is 18.3 Å². The Kier molecular flexibility index (Phi) is 4.06.